The van der Waals surface area contributed by atoms with Gasteiger partial charge in [-0.15, -0.1) is 0 Å². The molecule has 0 spiro atoms. The smallest absolute Gasteiger partial charge is 0.305 e. The van der Waals surface area contributed by atoms with Crippen LogP contribution in [0.1, 0.15) is 30.6 Å². The van der Waals surface area contributed by atoms with Gasteiger partial charge in [0.1, 0.15) is 0 Å². The van der Waals surface area contributed by atoms with Crippen molar-refractivity contribution in [3.8, 4) is 0 Å². The fourth-order valence-corrected chi connectivity index (χ4v) is 2.18. The Morgan fingerprint density at radius 2 is 2.20 bits per heavy atom. The Labute approximate surface area is 114 Å². The van der Waals surface area contributed by atoms with E-state index in [2.05, 4.69) is 5.32 Å². The van der Waals surface area contributed by atoms with Gasteiger partial charge >= 0.3 is 5.69 Å². The van der Waals surface area contributed by atoms with Crippen molar-refractivity contribution in [3.63, 3.8) is 0 Å². The van der Waals surface area contributed by atoms with Gasteiger partial charge in [0.25, 0.3) is 5.91 Å². The highest BCUT2D eigenvalue weighted by molar-refractivity contribution is 5.95. The second-order valence-electron chi connectivity index (χ2n) is 5.52. The second-order valence-corrected chi connectivity index (χ2v) is 5.52. The lowest BCUT2D eigenvalue weighted by molar-refractivity contribution is -0.387. The molecule has 0 aliphatic heterocycles. The molecule has 1 fully saturated rings. The van der Waals surface area contributed by atoms with E-state index in [-0.39, 0.29) is 11.6 Å². The number of aliphatic hydroxyl groups excluding tert-OH is 1. The molecule has 6 nitrogen and oxygen atoms in total. The van der Waals surface area contributed by atoms with Crippen LogP contribution in [-0.4, -0.2) is 28.1 Å². The first-order chi connectivity index (χ1) is 9.23. The first-order valence-electron chi connectivity index (χ1n) is 6.16. The Kier molecular flexibility index (Phi) is 3.47. The van der Waals surface area contributed by atoms with Crippen LogP contribution in [0.2, 0.25) is 0 Å². The average molecular weight is 282 g/mol. The van der Waals surface area contributed by atoms with Crippen molar-refractivity contribution in [2.75, 3.05) is 0 Å². The van der Waals surface area contributed by atoms with Crippen LogP contribution in [-0.2, 0) is 0 Å². The van der Waals surface area contributed by atoms with Gasteiger partial charge in [-0.05, 0) is 18.6 Å². The number of benzene rings is 1. The highest BCUT2D eigenvalue weighted by atomic mass is 19.1. The number of halogens is 1. The highest BCUT2D eigenvalue weighted by Gasteiger charge is 2.48. The summed E-state index contributed by atoms with van der Waals surface area (Å²) in [6.07, 6.45) is -0.0578. The van der Waals surface area contributed by atoms with E-state index in [9.17, 15) is 24.4 Å². The zero-order valence-electron chi connectivity index (χ0n) is 11.1. The number of rotatable bonds is 3. The second kappa shape index (κ2) is 4.82. The number of hydrogen-bond acceptors (Lipinski definition) is 4. The number of nitrogens with zero attached hydrogens (tertiary/aromatic N) is 1. The molecular weight excluding hydrogens is 267 g/mol. The molecule has 20 heavy (non-hydrogen) atoms. The summed E-state index contributed by atoms with van der Waals surface area (Å²) in [6, 6.07) is 2.79. The van der Waals surface area contributed by atoms with Crippen LogP contribution in [0.5, 0.6) is 0 Å². The van der Waals surface area contributed by atoms with Crippen molar-refractivity contribution in [2.24, 2.45) is 5.41 Å². The van der Waals surface area contributed by atoms with Crippen LogP contribution in [0, 0.1) is 21.3 Å². The number of nitro benzene ring substituents is 1. The number of nitro groups is 1. The highest BCUT2D eigenvalue weighted by Crippen LogP contribution is 2.40. The zero-order valence-corrected chi connectivity index (χ0v) is 11.1. The summed E-state index contributed by atoms with van der Waals surface area (Å²) >= 11 is 0. The van der Waals surface area contributed by atoms with Gasteiger partial charge in [0.05, 0.1) is 11.0 Å². The first kappa shape index (κ1) is 14.4. The van der Waals surface area contributed by atoms with Crippen LogP contribution < -0.4 is 5.32 Å². The average Bonchev–Trinajstić information content (AvgIpc) is 2.38. The Morgan fingerprint density at radius 3 is 2.70 bits per heavy atom. The molecule has 0 bridgehead atoms. The maximum Gasteiger partial charge on any atom is 0.305 e. The predicted octanol–water partition coefficient (Wildman–Crippen LogP) is 1.62. The van der Waals surface area contributed by atoms with E-state index < -0.39 is 33.9 Å². The predicted molar refractivity (Wildman–Crippen MR) is 68.7 cm³/mol. The molecule has 1 aliphatic rings. The molecule has 2 rings (SSSR count). The Hall–Kier alpha value is -2.02. The van der Waals surface area contributed by atoms with E-state index in [1.165, 1.54) is 6.07 Å². The molecule has 1 aromatic rings. The van der Waals surface area contributed by atoms with E-state index in [4.69, 9.17) is 0 Å². The van der Waals surface area contributed by atoms with Gasteiger partial charge < -0.3 is 10.4 Å². The monoisotopic (exact) mass is 282 g/mol. The van der Waals surface area contributed by atoms with Gasteiger partial charge in [-0.1, -0.05) is 13.8 Å². The normalized spacial score (nSPS) is 23.8. The number of carbonyl (C=O) groups excluding carboxylic acids is 1. The van der Waals surface area contributed by atoms with Crippen molar-refractivity contribution < 1.29 is 19.2 Å². The van der Waals surface area contributed by atoms with E-state index in [0.717, 1.165) is 12.1 Å². The first-order valence-corrected chi connectivity index (χ1v) is 6.16. The van der Waals surface area contributed by atoms with Crippen molar-refractivity contribution in [2.45, 2.75) is 32.4 Å². The molecule has 0 radical (unpaired) electrons. The number of amides is 1. The maximum absolute atomic E-state index is 13.2. The molecular formula is C13H15FN2O4. The van der Waals surface area contributed by atoms with Crippen LogP contribution >= 0.6 is 0 Å². The molecule has 2 unspecified atom stereocenters. The molecule has 108 valence electrons. The standard InChI is InChI=1S/C13H15FN2O4/c1-13(2)10(6-11(13)17)15-12(18)7-3-4-8(14)9(5-7)16(19)20/h3-5,10-11,17H,6H2,1-2H3,(H,15,18). The third-order valence-electron chi connectivity index (χ3n) is 3.93. The van der Waals surface area contributed by atoms with Crippen LogP contribution in [0.15, 0.2) is 18.2 Å². The van der Waals surface area contributed by atoms with E-state index >= 15 is 0 Å². The van der Waals surface area contributed by atoms with Gasteiger partial charge in [-0.2, -0.15) is 4.39 Å². The fourth-order valence-electron chi connectivity index (χ4n) is 2.18. The van der Waals surface area contributed by atoms with Crippen molar-refractivity contribution >= 4 is 11.6 Å². The lowest BCUT2D eigenvalue weighted by atomic mass is 9.64. The number of aliphatic hydroxyl groups is 1. The lowest BCUT2D eigenvalue weighted by Crippen LogP contribution is -2.61. The molecule has 1 saturated carbocycles. The third-order valence-corrected chi connectivity index (χ3v) is 3.93. The van der Waals surface area contributed by atoms with Crippen LogP contribution in [0.3, 0.4) is 0 Å². The molecule has 0 saturated heterocycles. The van der Waals surface area contributed by atoms with Gasteiger partial charge in [-0.3, -0.25) is 14.9 Å². The van der Waals surface area contributed by atoms with Crippen molar-refractivity contribution in [3.05, 3.63) is 39.7 Å². The minimum Gasteiger partial charge on any atom is -0.392 e. The molecule has 1 amide bonds. The summed E-state index contributed by atoms with van der Waals surface area (Å²) in [5.74, 6) is -1.50. The van der Waals surface area contributed by atoms with Gasteiger partial charge in [0.15, 0.2) is 0 Å². The van der Waals surface area contributed by atoms with Gasteiger partial charge in [0, 0.05) is 23.1 Å². The van der Waals surface area contributed by atoms with E-state index in [1.54, 1.807) is 0 Å². The summed E-state index contributed by atoms with van der Waals surface area (Å²) in [6.45, 7) is 3.64. The third kappa shape index (κ3) is 2.36. The molecule has 1 aromatic carbocycles. The topological polar surface area (TPSA) is 92.5 Å². The summed E-state index contributed by atoms with van der Waals surface area (Å²) in [7, 11) is 0. The summed E-state index contributed by atoms with van der Waals surface area (Å²) in [5.41, 5.74) is -1.15. The van der Waals surface area contributed by atoms with E-state index in [1.807, 2.05) is 13.8 Å². The maximum atomic E-state index is 13.2. The fraction of sp³-hybridized carbons (Fsp3) is 0.462. The minimum atomic E-state index is -0.981. The van der Waals surface area contributed by atoms with E-state index in [0.29, 0.717) is 6.42 Å². The molecule has 0 heterocycles. The van der Waals surface area contributed by atoms with Crippen molar-refractivity contribution in [1.82, 2.24) is 5.32 Å². The minimum absolute atomic E-state index is 0.0234. The number of carbonyl (C=O) groups is 1. The number of nitrogens with one attached hydrogen (secondary N) is 1. The Morgan fingerprint density at radius 1 is 1.55 bits per heavy atom. The largest absolute Gasteiger partial charge is 0.392 e. The molecule has 1 aliphatic carbocycles. The zero-order chi connectivity index (χ0) is 15.1. The van der Waals surface area contributed by atoms with Crippen LogP contribution in [0.25, 0.3) is 0 Å². The SMILES string of the molecule is CC1(C)C(O)CC1NC(=O)c1ccc(F)c([N+](=O)[O-])c1. The molecule has 7 heteroatoms. The molecule has 2 N–H and O–H groups in total. The molecule has 0 aromatic heterocycles. The quantitative estimate of drug-likeness (QED) is 0.651. The Balaban J connectivity index is 2.15. The lowest BCUT2D eigenvalue weighted by Gasteiger charge is -2.49. The molecule has 2 atom stereocenters. The summed E-state index contributed by atoms with van der Waals surface area (Å²) < 4.78 is 13.2. The van der Waals surface area contributed by atoms with Crippen LogP contribution in [0.4, 0.5) is 10.1 Å². The summed E-state index contributed by atoms with van der Waals surface area (Å²) in [4.78, 5) is 21.8. The number of hydrogen-bond donors (Lipinski definition) is 2. The Bertz CT molecular complexity index is 573. The summed E-state index contributed by atoms with van der Waals surface area (Å²) in [5, 5.41) is 22.9. The van der Waals surface area contributed by atoms with Gasteiger partial charge in [-0.25, -0.2) is 0 Å². The van der Waals surface area contributed by atoms with Gasteiger partial charge in [0.2, 0.25) is 5.82 Å². The van der Waals surface area contributed by atoms with Crippen molar-refractivity contribution in [1.29, 1.82) is 0 Å².